The number of imidazole rings is 1. The van der Waals surface area contributed by atoms with E-state index in [9.17, 15) is 4.79 Å². The lowest BCUT2D eigenvalue weighted by atomic mass is 9.83. The molecule has 23 heavy (non-hydrogen) atoms. The SMILES string of the molecule is Cc1nc2cccc3c2n1CCN(C1CN2CCC1CC2)C3=O. The molecule has 1 atom stereocenters. The third kappa shape index (κ3) is 1.89. The number of piperidine rings is 3. The van der Waals surface area contributed by atoms with Crippen molar-refractivity contribution >= 4 is 16.9 Å². The van der Waals surface area contributed by atoms with Crippen molar-refractivity contribution in [1.82, 2.24) is 19.4 Å². The second kappa shape index (κ2) is 4.81. The maximum Gasteiger partial charge on any atom is 0.256 e. The van der Waals surface area contributed by atoms with Gasteiger partial charge in [0.25, 0.3) is 5.91 Å². The maximum atomic E-state index is 13.3. The zero-order chi connectivity index (χ0) is 15.6. The largest absolute Gasteiger partial charge is 0.332 e. The van der Waals surface area contributed by atoms with Crippen molar-refractivity contribution in [2.45, 2.75) is 32.4 Å². The van der Waals surface area contributed by atoms with Crippen LogP contribution in [-0.2, 0) is 6.54 Å². The smallest absolute Gasteiger partial charge is 0.256 e. The van der Waals surface area contributed by atoms with Gasteiger partial charge >= 0.3 is 0 Å². The van der Waals surface area contributed by atoms with Crippen molar-refractivity contribution in [2.75, 3.05) is 26.2 Å². The van der Waals surface area contributed by atoms with Gasteiger partial charge in [-0.1, -0.05) is 6.07 Å². The molecule has 0 spiro atoms. The summed E-state index contributed by atoms with van der Waals surface area (Å²) in [5.74, 6) is 1.89. The lowest BCUT2D eigenvalue weighted by Crippen LogP contribution is -2.58. The normalized spacial score (nSPS) is 30.0. The Hall–Kier alpha value is -1.88. The first-order valence-corrected chi connectivity index (χ1v) is 8.71. The monoisotopic (exact) mass is 310 g/mol. The summed E-state index contributed by atoms with van der Waals surface area (Å²) in [6.07, 6.45) is 2.48. The van der Waals surface area contributed by atoms with Crippen molar-refractivity contribution in [3.8, 4) is 0 Å². The number of fused-ring (bicyclic) bond motifs is 3. The highest BCUT2D eigenvalue weighted by Gasteiger charge is 2.40. The third-order valence-corrected chi connectivity index (χ3v) is 6.04. The van der Waals surface area contributed by atoms with Gasteiger partial charge in [-0.3, -0.25) is 4.79 Å². The van der Waals surface area contributed by atoms with Crippen LogP contribution in [0.1, 0.15) is 29.0 Å². The van der Waals surface area contributed by atoms with Gasteiger partial charge in [0.2, 0.25) is 0 Å². The molecule has 2 aromatic rings. The number of hydrogen-bond acceptors (Lipinski definition) is 3. The number of aryl methyl sites for hydroxylation is 1. The number of carbonyl (C=O) groups is 1. The molecule has 4 aliphatic heterocycles. The molecule has 0 N–H and O–H groups in total. The van der Waals surface area contributed by atoms with Gasteiger partial charge in [0.05, 0.1) is 16.6 Å². The summed E-state index contributed by atoms with van der Waals surface area (Å²) in [5, 5.41) is 0. The van der Waals surface area contributed by atoms with Gasteiger partial charge in [-0.2, -0.15) is 0 Å². The molecule has 3 saturated heterocycles. The number of carbonyl (C=O) groups excluding carboxylic acids is 1. The fraction of sp³-hybridized carbons (Fsp3) is 0.556. The average molecular weight is 310 g/mol. The van der Waals surface area contributed by atoms with Gasteiger partial charge in [-0.05, 0) is 50.9 Å². The van der Waals surface area contributed by atoms with E-state index in [0.29, 0.717) is 12.0 Å². The Morgan fingerprint density at radius 2 is 1.96 bits per heavy atom. The van der Waals surface area contributed by atoms with E-state index in [1.165, 1.54) is 25.9 Å². The van der Waals surface area contributed by atoms with Crippen molar-refractivity contribution in [1.29, 1.82) is 0 Å². The Kier molecular flexibility index (Phi) is 2.83. The standard InChI is InChI=1S/C18H22N4O/c1-12-19-15-4-2-3-14-17(15)21(12)9-10-22(18(14)23)16-11-20-7-5-13(16)6-8-20/h2-4,13,16H,5-11H2,1H3. The summed E-state index contributed by atoms with van der Waals surface area (Å²) in [4.78, 5) is 22.6. The number of nitrogens with zero attached hydrogens (tertiary/aromatic N) is 4. The Labute approximate surface area is 135 Å². The van der Waals surface area contributed by atoms with Crippen LogP contribution in [0.3, 0.4) is 0 Å². The summed E-state index contributed by atoms with van der Waals surface area (Å²) in [6.45, 7) is 7.17. The summed E-state index contributed by atoms with van der Waals surface area (Å²) in [7, 11) is 0. The molecular weight excluding hydrogens is 288 g/mol. The molecule has 2 bridgehead atoms. The fourth-order valence-electron chi connectivity index (χ4n) is 4.82. The van der Waals surface area contributed by atoms with E-state index < -0.39 is 0 Å². The van der Waals surface area contributed by atoms with Crippen molar-refractivity contribution in [2.24, 2.45) is 5.92 Å². The predicted octanol–water partition coefficient (Wildman–Crippen LogP) is 1.89. The highest BCUT2D eigenvalue weighted by atomic mass is 16.2. The summed E-state index contributed by atoms with van der Waals surface area (Å²) in [6, 6.07) is 6.34. The van der Waals surface area contributed by atoms with Crippen molar-refractivity contribution < 1.29 is 4.79 Å². The van der Waals surface area contributed by atoms with Gasteiger partial charge < -0.3 is 14.4 Å². The molecule has 5 nitrogen and oxygen atoms in total. The van der Waals surface area contributed by atoms with E-state index in [1.54, 1.807) is 0 Å². The van der Waals surface area contributed by atoms with E-state index >= 15 is 0 Å². The van der Waals surface area contributed by atoms with Crippen LogP contribution >= 0.6 is 0 Å². The average Bonchev–Trinajstić information content (AvgIpc) is 2.82. The van der Waals surface area contributed by atoms with Crippen LogP contribution in [0.25, 0.3) is 11.0 Å². The highest BCUT2D eigenvalue weighted by Crippen LogP contribution is 2.33. The molecule has 0 radical (unpaired) electrons. The number of rotatable bonds is 1. The first kappa shape index (κ1) is 13.5. The van der Waals surface area contributed by atoms with Gasteiger partial charge in [-0.15, -0.1) is 0 Å². The minimum Gasteiger partial charge on any atom is -0.332 e. The van der Waals surface area contributed by atoms with Gasteiger partial charge in [0.15, 0.2) is 0 Å². The molecule has 1 amide bonds. The molecule has 120 valence electrons. The van der Waals surface area contributed by atoms with Crippen LogP contribution < -0.4 is 0 Å². The molecule has 6 rings (SSSR count). The van der Waals surface area contributed by atoms with E-state index in [0.717, 1.165) is 42.1 Å². The third-order valence-electron chi connectivity index (χ3n) is 6.04. The molecular formula is C18H22N4O. The van der Waals surface area contributed by atoms with Crippen LogP contribution in [-0.4, -0.2) is 57.5 Å². The molecule has 5 heteroatoms. The number of para-hydroxylation sites is 1. The van der Waals surface area contributed by atoms with Gasteiger partial charge in [0.1, 0.15) is 5.82 Å². The van der Waals surface area contributed by atoms with Crippen molar-refractivity contribution in [3.63, 3.8) is 0 Å². The summed E-state index contributed by atoms with van der Waals surface area (Å²) in [5.41, 5.74) is 2.81. The van der Waals surface area contributed by atoms with E-state index in [2.05, 4.69) is 19.4 Å². The summed E-state index contributed by atoms with van der Waals surface area (Å²) < 4.78 is 2.23. The van der Waals surface area contributed by atoms with Gasteiger partial charge in [0, 0.05) is 25.7 Å². The number of amides is 1. The molecule has 0 saturated carbocycles. The minimum atomic E-state index is 0.202. The fourth-order valence-corrected chi connectivity index (χ4v) is 4.82. The quantitative estimate of drug-likeness (QED) is 0.808. The second-order valence-corrected chi connectivity index (χ2v) is 7.19. The molecule has 0 aliphatic carbocycles. The Morgan fingerprint density at radius 1 is 1.13 bits per heavy atom. The Balaban J connectivity index is 1.58. The first-order chi connectivity index (χ1) is 11.2. The molecule has 5 heterocycles. The Morgan fingerprint density at radius 3 is 2.70 bits per heavy atom. The topological polar surface area (TPSA) is 41.4 Å². The minimum absolute atomic E-state index is 0.202. The molecule has 1 aromatic heterocycles. The predicted molar refractivity (Wildman–Crippen MR) is 88.5 cm³/mol. The van der Waals surface area contributed by atoms with E-state index in [4.69, 9.17) is 0 Å². The van der Waals surface area contributed by atoms with Crippen LogP contribution in [0.4, 0.5) is 0 Å². The lowest BCUT2D eigenvalue weighted by Gasteiger charge is -2.48. The number of hydrogen-bond donors (Lipinski definition) is 0. The van der Waals surface area contributed by atoms with Gasteiger partial charge in [-0.25, -0.2) is 4.98 Å². The highest BCUT2D eigenvalue weighted by molar-refractivity contribution is 6.05. The van der Waals surface area contributed by atoms with Crippen LogP contribution in [0.2, 0.25) is 0 Å². The summed E-state index contributed by atoms with van der Waals surface area (Å²) >= 11 is 0. The maximum absolute atomic E-state index is 13.3. The molecule has 3 fully saturated rings. The Bertz CT molecular complexity index is 788. The zero-order valence-corrected chi connectivity index (χ0v) is 13.5. The second-order valence-electron chi connectivity index (χ2n) is 7.19. The molecule has 1 unspecified atom stereocenters. The zero-order valence-electron chi connectivity index (χ0n) is 13.5. The molecule has 1 aromatic carbocycles. The van der Waals surface area contributed by atoms with Crippen LogP contribution in [0.15, 0.2) is 18.2 Å². The molecule has 4 aliphatic rings. The number of benzene rings is 1. The number of aromatic nitrogens is 2. The van der Waals surface area contributed by atoms with E-state index in [-0.39, 0.29) is 5.91 Å². The van der Waals surface area contributed by atoms with E-state index in [1.807, 2.05) is 25.1 Å². The first-order valence-electron chi connectivity index (χ1n) is 8.71. The van der Waals surface area contributed by atoms with Crippen LogP contribution in [0.5, 0.6) is 0 Å². The lowest BCUT2D eigenvalue weighted by molar-refractivity contribution is 0.00722. The van der Waals surface area contributed by atoms with Crippen molar-refractivity contribution in [3.05, 3.63) is 29.6 Å². The van der Waals surface area contributed by atoms with Crippen LogP contribution in [0, 0.1) is 12.8 Å².